The van der Waals surface area contributed by atoms with Crippen LogP contribution in [-0.4, -0.2) is 34.0 Å². The van der Waals surface area contributed by atoms with Gasteiger partial charge in [0, 0.05) is 0 Å². The molecule has 0 spiro atoms. The van der Waals surface area contributed by atoms with E-state index in [9.17, 15) is 9.59 Å². The van der Waals surface area contributed by atoms with Crippen LogP contribution in [0.15, 0.2) is 0 Å². The molecule has 0 saturated carbocycles. The van der Waals surface area contributed by atoms with E-state index in [1.165, 1.54) is 0 Å². The van der Waals surface area contributed by atoms with Gasteiger partial charge in [0.15, 0.2) is 0 Å². The summed E-state index contributed by atoms with van der Waals surface area (Å²) in [5.41, 5.74) is 0. The van der Waals surface area contributed by atoms with Gasteiger partial charge in [-0.05, 0) is 25.7 Å². The molecule has 0 fully saturated rings. The summed E-state index contributed by atoms with van der Waals surface area (Å²) in [6.07, 6.45) is 3.75. The van der Waals surface area contributed by atoms with Crippen molar-refractivity contribution in [3.05, 3.63) is 0 Å². The van der Waals surface area contributed by atoms with Crippen LogP contribution in [-0.2, 0) is 19.1 Å². The van der Waals surface area contributed by atoms with Crippen molar-refractivity contribution in [1.82, 2.24) is 0 Å². The van der Waals surface area contributed by atoms with E-state index in [1.54, 1.807) is 0 Å². The standard InChI is InChI=1S/C10H16I2O4/c11-7-9(13)15-5-3-1-2-4-6-16-10(14)8-12/h1-8H2. The number of hydrogen-bond donors (Lipinski definition) is 0. The molecule has 0 aromatic rings. The van der Waals surface area contributed by atoms with Crippen molar-refractivity contribution >= 4 is 57.1 Å². The van der Waals surface area contributed by atoms with E-state index in [1.807, 2.05) is 45.2 Å². The highest BCUT2D eigenvalue weighted by atomic mass is 127. The van der Waals surface area contributed by atoms with E-state index in [-0.39, 0.29) is 11.9 Å². The van der Waals surface area contributed by atoms with E-state index < -0.39 is 0 Å². The minimum Gasteiger partial charge on any atom is -0.465 e. The van der Waals surface area contributed by atoms with Crippen molar-refractivity contribution in [3.63, 3.8) is 0 Å². The van der Waals surface area contributed by atoms with E-state index in [4.69, 9.17) is 9.47 Å². The Labute approximate surface area is 123 Å². The maximum atomic E-state index is 10.8. The molecule has 16 heavy (non-hydrogen) atoms. The van der Waals surface area contributed by atoms with Crippen LogP contribution >= 0.6 is 45.2 Å². The Morgan fingerprint density at radius 1 is 0.750 bits per heavy atom. The fourth-order valence-electron chi connectivity index (χ4n) is 1.01. The Kier molecular flexibility index (Phi) is 12.2. The first kappa shape index (κ1) is 16.4. The Morgan fingerprint density at radius 2 is 1.12 bits per heavy atom. The Morgan fingerprint density at radius 3 is 1.44 bits per heavy atom. The van der Waals surface area contributed by atoms with Crippen LogP contribution in [0.1, 0.15) is 25.7 Å². The zero-order valence-electron chi connectivity index (χ0n) is 9.05. The third-order valence-corrected chi connectivity index (χ3v) is 3.03. The molecule has 0 bridgehead atoms. The summed E-state index contributed by atoms with van der Waals surface area (Å²) in [6.45, 7) is 0.991. The molecule has 0 aromatic carbocycles. The molecule has 0 aliphatic rings. The highest BCUT2D eigenvalue weighted by molar-refractivity contribution is 14.1. The number of alkyl halides is 2. The zero-order chi connectivity index (χ0) is 12.2. The SMILES string of the molecule is O=C(CI)OCCCCCCOC(=O)CI. The van der Waals surface area contributed by atoms with Gasteiger partial charge < -0.3 is 9.47 Å². The fraction of sp³-hybridized carbons (Fsp3) is 0.800. The van der Waals surface area contributed by atoms with Crippen LogP contribution in [0.4, 0.5) is 0 Å². The topological polar surface area (TPSA) is 52.6 Å². The highest BCUT2D eigenvalue weighted by Gasteiger charge is 2.00. The lowest BCUT2D eigenvalue weighted by Crippen LogP contribution is -2.07. The van der Waals surface area contributed by atoms with Crippen LogP contribution in [0.2, 0.25) is 0 Å². The zero-order valence-corrected chi connectivity index (χ0v) is 13.4. The number of unbranched alkanes of at least 4 members (excludes halogenated alkanes) is 3. The van der Waals surface area contributed by atoms with Gasteiger partial charge in [0.1, 0.15) is 0 Å². The minimum absolute atomic E-state index is 0.156. The van der Waals surface area contributed by atoms with Gasteiger partial charge in [0.2, 0.25) is 0 Å². The lowest BCUT2D eigenvalue weighted by molar-refractivity contribution is -0.141. The number of halogens is 2. The molecule has 0 aromatic heterocycles. The maximum Gasteiger partial charge on any atom is 0.315 e. The largest absolute Gasteiger partial charge is 0.465 e. The predicted molar refractivity (Wildman–Crippen MR) is 78.2 cm³/mol. The summed E-state index contributed by atoms with van der Waals surface area (Å²) < 4.78 is 10.7. The van der Waals surface area contributed by atoms with Crippen molar-refractivity contribution in [3.8, 4) is 0 Å². The lowest BCUT2D eigenvalue weighted by Gasteiger charge is -2.04. The van der Waals surface area contributed by atoms with Gasteiger partial charge in [-0.3, -0.25) is 9.59 Å². The van der Waals surface area contributed by atoms with Crippen LogP contribution in [0.5, 0.6) is 0 Å². The molecule has 0 heterocycles. The number of hydrogen-bond acceptors (Lipinski definition) is 4. The van der Waals surface area contributed by atoms with Crippen molar-refractivity contribution in [1.29, 1.82) is 0 Å². The number of rotatable bonds is 9. The molecular weight excluding hydrogens is 438 g/mol. The molecule has 0 rings (SSSR count). The molecule has 0 atom stereocenters. The Hall–Kier alpha value is 0.400. The van der Waals surface area contributed by atoms with E-state index in [0.29, 0.717) is 22.1 Å². The molecule has 94 valence electrons. The van der Waals surface area contributed by atoms with Crippen LogP contribution < -0.4 is 0 Å². The number of esters is 2. The molecule has 0 saturated heterocycles. The molecular formula is C10H16I2O4. The highest BCUT2D eigenvalue weighted by Crippen LogP contribution is 2.01. The smallest absolute Gasteiger partial charge is 0.315 e. The molecule has 0 amide bonds. The van der Waals surface area contributed by atoms with Gasteiger partial charge in [-0.2, -0.15) is 0 Å². The number of carbonyl (C=O) groups excluding carboxylic acids is 2. The lowest BCUT2D eigenvalue weighted by atomic mass is 10.2. The van der Waals surface area contributed by atoms with Gasteiger partial charge in [0.05, 0.1) is 22.1 Å². The molecule has 0 N–H and O–H groups in total. The van der Waals surface area contributed by atoms with E-state index in [0.717, 1.165) is 25.7 Å². The van der Waals surface area contributed by atoms with Crippen molar-refractivity contribution < 1.29 is 19.1 Å². The van der Waals surface area contributed by atoms with Crippen molar-refractivity contribution in [2.24, 2.45) is 0 Å². The molecule has 6 heteroatoms. The molecule has 0 aliphatic heterocycles. The summed E-state index contributed by atoms with van der Waals surface area (Å²) in [5, 5.41) is 0. The second-order valence-electron chi connectivity index (χ2n) is 3.12. The third-order valence-electron chi connectivity index (χ3n) is 1.78. The Bertz CT molecular complexity index is 187. The van der Waals surface area contributed by atoms with Gasteiger partial charge >= 0.3 is 11.9 Å². The van der Waals surface area contributed by atoms with E-state index >= 15 is 0 Å². The summed E-state index contributed by atoms with van der Waals surface area (Å²) >= 11 is 3.96. The molecule has 0 aliphatic carbocycles. The second-order valence-corrected chi connectivity index (χ2v) is 4.65. The normalized spacial score (nSPS) is 9.88. The van der Waals surface area contributed by atoms with Gasteiger partial charge in [0.25, 0.3) is 0 Å². The average molecular weight is 454 g/mol. The number of ether oxygens (including phenoxy) is 2. The summed E-state index contributed by atoms with van der Waals surface area (Å²) in [5.74, 6) is -0.312. The first-order chi connectivity index (χ1) is 7.70. The predicted octanol–water partition coefficient (Wildman–Crippen LogP) is 2.50. The van der Waals surface area contributed by atoms with Crippen LogP contribution in [0, 0.1) is 0 Å². The summed E-state index contributed by atoms with van der Waals surface area (Å²) in [4.78, 5) is 21.5. The third kappa shape index (κ3) is 10.9. The summed E-state index contributed by atoms with van der Waals surface area (Å²) in [6, 6.07) is 0. The molecule has 0 radical (unpaired) electrons. The molecule has 0 unspecified atom stereocenters. The fourth-order valence-corrected chi connectivity index (χ4v) is 1.45. The summed E-state index contributed by atoms with van der Waals surface area (Å²) in [7, 11) is 0. The average Bonchev–Trinajstić information content (AvgIpc) is 2.31. The first-order valence-electron chi connectivity index (χ1n) is 5.14. The Balaban J connectivity index is 3.10. The van der Waals surface area contributed by atoms with Gasteiger partial charge in [-0.1, -0.05) is 45.2 Å². The molecule has 4 nitrogen and oxygen atoms in total. The van der Waals surface area contributed by atoms with Crippen LogP contribution in [0.3, 0.4) is 0 Å². The monoisotopic (exact) mass is 454 g/mol. The quantitative estimate of drug-likeness (QED) is 0.233. The first-order valence-corrected chi connectivity index (χ1v) is 8.19. The van der Waals surface area contributed by atoms with Gasteiger partial charge in [-0.25, -0.2) is 0 Å². The van der Waals surface area contributed by atoms with Crippen LogP contribution in [0.25, 0.3) is 0 Å². The van der Waals surface area contributed by atoms with Gasteiger partial charge in [-0.15, -0.1) is 0 Å². The number of carbonyl (C=O) groups is 2. The minimum atomic E-state index is -0.156. The van der Waals surface area contributed by atoms with Crippen molar-refractivity contribution in [2.75, 3.05) is 22.1 Å². The maximum absolute atomic E-state index is 10.8. The van der Waals surface area contributed by atoms with Crippen molar-refractivity contribution in [2.45, 2.75) is 25.7 Å². The second kappa shape index (κ2) is 11.9. The van der Waals surface area contributed by atoms with E-state index in [2.05, 4.69) is 0 Å².